The average Bonchev–Trinajstić information content (AvgIpc) is 2.85. The van der Waals surface area contributed by atoms with Crippen LogP contribution in [0, 0.1) is 0 Å². The number of hydrogen-bond donors (Lipinski definition) is 2. The van der Waals surface area contributed by atoms with Crippen LogP contribution in [0.2, 0.25) is 0 Å². The van der Waals surface area contributed by atoms with Crippen molar-refractivity contribution in [3.63, 3.8) is 0 Å². The van der Waals surface area contributed by atoms with Crippen LogP contribution in [-0.4, -0.2) is 27.1 Å². The van der Waals surface area contributed by atoms with Crippen LogP contribution in [0.25, 0.3) is 0 Å². The van der Waals surface area contributed by atoms with Crippen LogP contribution in [0.15, 0.2) is 6.07 Å². The minimum atomic E-state index is 0.0259. The minimum absolute atomic E-state index is 0.0259. The first kappa shape index (κ1) is 12.5. The van der Waals surface area contributed by atoms with E-state index in [1.165, 1.54) is 0 Å². The molecule has 5 heteroatoms. The Kier molecular flexibility index (Phi) is 3.47. The molecular weight excluding hydrogens is 234 g/mol. The van der Waals surface area contributed by atoms with Crippen molar-refractivity contribution in [2.75, 3.05) is 11.1 Å². The topological polar surface area (TPSA) is 57.8 Å². The lowest BCUT2D eigenvalue weighted by atomic mass is 9.92. The molecule has 1 amide bonds. The average molecular weight is 253 g/mol. The van der Waals surface area contributed by atoms with Gasteiger partial charge in [0.1, 0.15) is 0 Å². The third kappa shape index (κ3) is 3.03. The molecule has 0 saturated carbocycles. The Hall–Kier alpha value is -0.970. The molecule has 1 atom stereocenters. The van der Waals surface area contributed by atoms with E-state index in [2.05, 4.69) is 36.3 Å². The molecule has 1 aromatic heterocycles. The number of anilines is 1. The fourth-order valence-electron chi connectivity index (χ4n) is 1.76. The van der Waals surface area contributed by atoms with Crippen LogP contribution >= 0.6 is 11.8 Å². The van der Waals surface area contributed by atoms with E-state index >= 15 is 0 Å². The number of carbonyl (C=O) groups excluding carboxylic acids is 1. The molecule has 0 spiro atoms. The number of thioether (sulfide) groups is 1. The van der Waals surface area contributed by atoms with Gasteiger partial charge in [-0.3, -0.25) is 9.89 Å². The summed E-state index contributed by atoms with van der Waals surface area (Å²) in [6.07, 6.45) is 2.11. The lowest BCUT2D eigenvalue weighted by molar-refractivity contribution is -0.115. The molecule has 94 valence electrons. The Morgan fingerprint density at radius 1 is 1.59 bits per heavy atom. The normalized spacial score (nSPS) is 20.5. The molecular formula is C12H19N3OS. The molecule has 0 radical (unpaired) electrons. The second-order valence-corrected chi connectivity index (χ2v) is 6.72. The van der Waals surface area contributed by atoms with E-state index in [-0.39, 0.29) is 16.6 Å². The van der Waals surface area contributed by atoms with Crippen LogP contribution in [0.3, 0.4) is 0 Å². The summed E-state index contributed by atoms with van der Waals surface area (Å²) in [7, 11) is 0. The van der Waals surface area contributed by atoms with E-state index in [4.69, 9.17) is 0 Å². The zero-order chi connectivity index (χ0) is 12.5. The number of carbonyl (C=O) groups is 1. The molecule has 0 bridgehead atoms. The smallest absolute Gasteiger partial charge is 0.238 e. The van der Waals surface area contributed by atoms with Gasteiger partial charge in [0.2, 0.25) is 5.91 Å². The zero-order valence-corrected chi connectivity index (χ0v) is 11.4. The van der Waals surface area contributed by atoms with Crippen LogP contribution in [-0.2, 0) is 10.2 Å². The number of aromatic amines is 1. The quantitative estimate of drug-likeness (QED) is 0.851. The highest BCUT2D eigenvalue weighted by molar-refractivity contribution is 8.00. The Balaban J connectivity index is 1.99. The van der Waals surface area contributed by atoms with Gasteiger partial charge in [0.15, 0.2) is 5.82 Å². The predicted molar refractivity (Wildman–Crippen MR) is 71.4 cm³/mol. The Labute approximate surface area is 106 Å². The molecule has 17 heavy (non-hydrogen) atoms. The highest BCUT2D eigenvalue weighted by Crippen LogP contribution is 2.27. The second kappa shape index (κ2) is 4.72. The summed E-state index contributed by atoms with van der Waals surface area (Å²) in [5.74, 6) is 1.80. The van der Waals surface area contributed by atoms with Crippen LogP contribution in [0.5, 0.6) is 0 Å². The minimum Gasteiger partial charge on any atom is -0.308 e. The maximum atomic E-state index is 11.9. The third-order valence-corrected chi connectivity index (χ3v) is 4.24. The van der Waals surface area contributed by atoms with Gasteiger partial charge in [-0.2, -0.15) is 5.10 Å². The third-order valence-electron chi connectivity index (χ3n) is 2.86. The monoisotopic (exact) mass is 253 g/mol. The van der Waals surface area contributed by atoms with Crippen molar-refractivity contribution in [3.8, 4) is 0 Å². The number of nitrogens with one attached hydrogen (secondary N) is 2. The van der Waals surface area contributed by atoms with Gasteiger partial charge in [0.05, 0.1) is 5.25 Å². The summed E-state index contributed by atoms with van der Waals surface area (Å²) >= 11 is 1.73. The van der Waals surface area contributed by atoms with E-state index in [0.717, 1.165) is 24.3 Å². The lowest BCUT2D eigenvalue weighted by Crippen LogP contribution is -2.23. The molecule has 1 fully saturated rings. The van der Waals surface area contributed by atoms with Crippen molar-refractivity contribution in [2.45, 2.75) is 44.3 Å². The summed E-state index contributed by atoms with van der Waals surface area (Å²) in [6.45, 7) is 6.33. The van der Waals surface area contributed by atoms with Crippen molar-refractivity contribution >= 4 is 23.5 Å². The van der Waals surface area contributed by atoms with Gasteiger partial charge in [-0.05, 0) is 18.6 Å². The molecule has 1 aliphatic rings. The van der Waals surface area contributed by atoms with Crippen molar-refractivity contribution in [2.24, 2.45) is 0 Å². The number of H-pyrrole nitrogens is 1. The van der Waals surface area contributed by atoms with Crippen LogP contribution in [0.1, 0.15) is 39.3 Å². The van der Waals surface area contributed by atoms with Gasteiger partial charge < -0.3 is 5.32 Å². The van der Waals surface area contributed by atoms with Gasteiger partial charge in [0, 0.05) is 17.2 Å². The van der Waals surface area contributed by atoms with E-state index < -0.39 is 0 Å². The molecule has 4 nitrogen and oxygen atoms in total. The zero-order valence-electron chi connectivity index (χ0n) is 10.5. The molecule has 1 saturated heterocycles. The highest BCUT2D eigenvalue weighted by atomic mass is 32.2. The second-order valence-electron chi connectivity index (χ2n) is 5.41. The molecule has 1 aromatic rings. The Morgan fingerprint density at radius 2 is 2.35 bits per heavy atom. The molecule has 1 aliphatic heterocycles. The number of aromatic nitrogens is 2. The summed E-state index contributed by atoms with van der Waals surface area (Å²) in [5.41, 5.74) is 1.06. The van der Waals surface area contributed by atoms with Gasteiger partial charge in [0.25, 0.3) is 0 Å². The van der Waals surface area contributed by atoms with Crippen molar-refractivity contribution in [3.05, 3.63) is 11.8 Å². The first-order chi connectivity index (χ1) is 7.97. The maximum absolute atomic E-state index is 11.9. The van der Waals surface area contributed by atoms with Gasteiger partial charge >= 0.3 is 0 Å². The van der Waals surface area contributed by atoms with Gasteiger partial charge in [-0.25, -0.2) is 0 Å². The van der Waals surface area contributed by atoms with E-state index in [0.29, 0.717) is 5.82 Å². The van der Waals surface area contributed by atoms with E-state index in [1.54, 1.807) is 11.8 Å². The molecule has 0 aliphatic carbocycles. The van der Waals surface area contributed by atoms with Crippen molar-refractivity contribution < 1.29 is 4.79 Å². The van der Waals surface area contributed by atoms with Gasteiger partial charge in [-0.1, -0.05) is 20.8 Å². The molecule has 2 N–H and O–H groups in total. The largest absolute Gasteiger partial charge is 0.308 e. The lowest BCUT2D eigenvalue weighted by Gasteiger charge is -2.14. The number of amides is 1. The van der Waals surface area contributed by atoms with Crippen LogP contribution < -0.4 is 5.32 Å². The summed E-state index contributed by atoms with van der Waals surface area (Å²) in [4.78, 5) is 11.9. The summed E-state index contributed by atoms with van der Waals surface area (Å²) in [6, 6.07) is 1.91. The SMILES string of the molecule is CC(C)(C)c1cc(NC(=O)C2CCCS2)n[nH]1. The fourth-order valence-corrected chi connectivity index (χ4v) is 2.92. The molecule has 2 rings (SSSR count). The molecule has 1 unspecified atom stereocenters. The first-order valence-electron chi connectivity index (χ1n) is 5.95. The predicted octanol–water partition coefficient (Wildman–Crippen LogP) is 2.54. The fraction of sp³-hybridized carbons (Fsp3) is 0.667. The molecule has 0 aromatic carbocycles. The van der Waals surface area contributed by atoms with E-state index in [1.807, 2.05) is 6.07 Å². The standard InChI is InChI=1S/C12H19N3OS/c1-12(2,3)9-7-10(15-14-9)13-11(16)8-5-4-6-17-8/h7-8H,4-6H2,1-3H3,(H2,13,14,15,16). The highest BCUT2D eigenvalue weighted by Gasteiger charge is 2.24. The maximum Gasteiger partial charge on any atom is 0.238 e. The van der Waals surface area contributed by atoms with E-state index in [9.17, 15) is 4.79 Å². The van der Waals surface area contributed by atoms with Gasteiger partial charge in [-0.15, -0.1) is 11.8 Å². The van der Waals surface area contributed by atoms with Crippen molar-refractivity contribution in [1.82, 2.24) is 10.2 Å². The first-order valence-corrected chi connectivity index (χ1v) is 7.00. The molecule has 2 heterocycles. The Morgan fingerprint density at radius 3 is 2.88 bits per heavy atom. The van der Waals surface area contributed by atoms with Crippen molar-refractivity contribution in [1.29, 1.82) is 0 Å². The number of nitrogens with zero attached hydrogens (tertiary/aromatic N) is 1. The summed E-state index contributed by atoms with van der Waals surface area (Å²) < 4.78 is 0. The van der Waals surface area contributed by atoms with Crippen LogP contribution in [0.4, 0.5) is 5.82 Å². The Bertz CT molecular complexity index is 402. The summed E-state index contributed by atoms with van der Waals surface area (Å²) in [5, 5.41) is 10.1. The number of hydrogen-bond acceptors (Lipinski definition) is 3. The number of rotatable bonds is 2.